The standard InChI is InChI=1S/C40H26Br2N2/c41-35-20-9-7-18-33(35)39-25-31(23-37(43-39)27-12-3-1-4-13-27)29-16-11-17-30(22-29)32-24-38(28-14-5-2-6-15-28)44-40(26-32)34-19-8-10-21-36(34)42/h1-26H. The molecule has 0 aliphatic rings. The topological polar surface area (TPSA) is 25.8 Å². The molecule has 210 valence electrons. The minimum absolute atomic E-state index is 0.922. The average Bonchev–Trinajstić information content (AvgIpc) is 3.09. The molecule has 0 bridgehead atoms. The Morgan fingerprint density at radius 2 is 0.659 bits per heavy atom. The molecular formula is C40H26Br2N2. The summed E-state index contributed by atoms with van der Waals surface area (Å²) in [7, 11) is 0. The summed E-state index contributed by atoms with van der Waals surface area (Å²) in [5.41, 5.74) is 12.5. The van der Waals surface area contributed by atoms with Crippen LogP contribution >= 0.6 is 31.9 Å². The molecular weight excluding hydrogens is 668 g/mol. The quantitative estimate of drug-likeness (QED) is 0.173. The van der Waals surface area contributed by atoms with Gasteiger partial charge in [0.05, 0.1) is 22.8 Å². The molecule has 0 N–H and O–H groups in total. The van der Waals surface area contributed by atoms with Crippen LogP contribution in [0.15, 0.2) is 167 Å². The van der Waals surface area contributed by atoms with Gasteiger partial charge in [-0.3, -0.25) is 0 Å². The molecule has 0 aliphatic heterocycles. The van der Waals surface area contributed by atoms with Gasteiger partial charge >= 0.3 is 0 Å². The minimum Gasteiger partial charge on any atom is -0.248 e. The van der Waals surface area contributed by atoms with Crippen molar-refractivity contribution in [2.24, 2.45) is 0 Å². The summed E-state index contributed by atoms with van der Waals surface area (Å²) < 4.78 is 2.03. The number of benzene rings is 5. The predicted octanol–water partition coefficient (Wildman–Crippen LogP) is 12.0. The number of nitrogens with zero attached hydrogens (tertiary/aromatic N) is 2. The van der Waals surface area contributed by atoms with Crippen molar-refractivity contribution in [2.45, 2.75) is 0 Å². The zero-order chi connectivity index (χ0) is 29.9. The van der Waals surface area contributed by atoms with Crippen molar-refractivity contribution >= 4 is 31.9 Å². The molecule has 0 amide bonds. The molecule has 4 heteroatoms. The number of halogens is 2. The van der Waals surface area contributed by atoms with E-state index in [9.17, 15) is 0 Å². The molecule has 0 atom stereocenters. The summed E-state index contributed by atoms with van der Waals surface area (Å²) in [6, 6.07) is 54.7. The maximum atomic E-state index is 5.10. The van der Waals surface area contributed by atoms with Crippen molar-refractivity contribution in [3.63, 3.8) is 0 Å². The van der Waals surface area contributed by atoms with Gasteiger partial charge < -0.3 is 0 Å². The molecule has 0 aliphatic carbocycles. The molecule has 0 spiro atoms. The Morgan fingerprint density at radius 3 is 1.09 bits per heavy atom. The van der Waals surface area contributed by atoms with E-state index < -0.39 is 0 Å². The van der Waals surface area contributed by atoms with E-state index in [1.807, 2.05) is 36.4 Å². The van der Waals surface area contributed by atoms with Crippen LogP contribution in [0.4, 0.5) is 0 Å². The first-order chi connectivity index (χ1) is 21.6. The highest BCUT2D eigenvalue weighted by molar-refractivity contribution is 9.11. The second-order valence-electron chi connectivity index (χ2n) is 10.5. The van der Waals surface area contributed by atoms with Crippen LogP contribution in [0.25, 0.3) is 67.3 Å². The Bertz CT molecular complexity index is 1940. The molecule has 7 aromatic rings. The first kappa shape index (κ1) is 28.1. The van der Waals surface area contributed by atoms with Crippen molar-refractivity contribution in [1.82, 2.24) is 9.97 Å². The minimum atomic E-state index is 0.922. The van der Waals surface area contributed by atoms with Gasteiger partial charge in [-0.1, -0.05) is 147 Å². The highest BCUT2D eigenvalue weighted by atomic mass is 79.9. The first-order valence-electron chi connectivity index (χ1n) is 14.4. The van der Waals surface area contributed by atoms with Gasteiger partial charge in [0.15, 0.2) is 0 Å². The lowest BCUT2D eigenvalue weighted by atomic mass is 9.95. The molecule has 0 unspecified atom stereocenters. The van der Waals surface area contributed by atoms with Gasteiger partial charge in [-0.25, -0.2) is 9.97 Å². The number of hydrogen-bond acceptors (Lipinski definition) is 2. The van der Waals surface area contributed by atoms with Gasteiger partial charge in [0.25, 0.3) is 0 Å². The van der Waals surface area contributed by atoms with Crippen LogP contribution in [0.2, 0.25) is 0 Å². The maximum Gasteiger partial charge on any atom is 0.0727 e. The lowest BCUT2D eigenvalue weighted by Crippen LogP contribution is -1.93. The van der Waals surface area contributed by atoms with Gasteiger partial charge in [-0.05, 0) is 64.7 Å². The highest BCUT2D eigenvalue weighted by Gasteiger charge is 2.14. The van der Waals surface area contributed by atoms with Crippen LogP contribution in [-0.2, 0) is 0 Å². The summed E-state index contributed by atoms with van der Waals surface area (Å²) in [6.45, 7) is 0. The van der Waals surface area contributed by atoms with Gasteiger partial charge in [0.1, 0.15) is 0 Å². The summed E-state index contributed by atoms with van der Waals surface area (Å²) in [6.07, 6.45) is 0. The third-order valence-electron chi connectivity index (χ3n) is 7.62. The van der Waals surface area contributed by atoms with E-state index in [0.29, 0.717) is 0 Å². The monoisotopic (exact) mass is 692 g/mol. The predicted molar refractivity (Wildman–Crippen MR) is 190 cm³/mol. The van der Waals surface area contributed by atoms with Gasteiger partial charge in [-0.15, -0.1) is 0 Å². The Balaban J connectivity index is 1.39. The first-order valence-corrected chi connectivity index (χ1v) is 16.0. The largest absolute Gasteiger partial charge is 0.248 e. The van der Waals surface area contributed by atoms with Crippen molar-refractivity contribution in [1.29, 1.82) is 0 Å². The molecule has 5 aromatic carbocycles. The van der Waals surface area contributed by atoms with E-state index in [0.717, 1.165) is 76.2 Å². The Kier molecular flexibility index (Phi) is 8.02. The number of hydrogen-bond donors (Lipinski definition) is 0. The molecule has 2 aromatic heterocycles. The van der Waals surface area contributed by atoms with E-state index in [-0.39, 0.29) is 0 Å². The third-order valence-corrected chi connectivity index (χ3v) is 9.00. The fraction of sp³-hybridized carbons (Fsp3) is 0. The van der Waals surface area contributed by atoms with Crippen LogP contribution in [-0.4, -0.2) is 9.97 Å². The van der Waals surface area contributed by atoms with Crippen molar-refractivity contribution in [3.8, 4) is 67.3 Å². The zero-order valence-electron chi connectivity index (χ0n) is 23.7. The van der Waals surface area contributed by atoms with Gasteiger partial charge in [0.2, 0.25) is 0 Å². The van der Waals surface area contributed by atoms with Crippen LogP contribution in [0.3, 0.4) is 0 Å². The zero-order valence-corrected chi connectivity index (χ0v) is 26.8. The van der Waals surface area contributed by atoms with Crippen LogP contribution < -0.4 is 0 Å². The molecule has 2 nitrogen and oxygen atoms in total. The van der Waals surface area contributed by atoms with Crippen LogP contribution in [0.1, 0.15) is 0 Å². The number of pyridine rings is 2. The molecule has 0 saturated carbocycles. The summed E-state index contributed by atoms with van der Waals surface area (Å²) in [5.74, 6) is 0. The summed E-state index contributed by atoms with van der Waals surface area (Å²) in [4.78, 5) is 10.2. The SMILES string of the molecule is Brc1ccccc1-c1cc(-c2cccc(-c3cc(-c4ccccc4)nc(-c4ccccc4Br)c3)c2)cc(-c2ccccc2)n1. The van der Waals surface area contributed by atoms with E-state index in [2.05, 4.69) is 153 Å². The Labute approximate surface area is 274 Å². The van der Waals surface area contributed by atoms with Crippen molar-refractivity contribution in [2.75, 3.05) is 0 Å². The van der Waals surface area contributed by atoms with E-state index in [1.54, 1.807) is 0 Å². The Morgan fingerprint density at radius 1 is 0.295 bits per heavy atom. The smallest absolute Gasteiger partial charge is 0.0727 e. The third kappa shape index (κ3) is 5.92. The molecule has 0 radical (unpaired) electrons. The number of aromatic nitrogens is 2. The second-order valence-corrected chi connectivity index (χ2v) is 12.2. The fourth-order valence-corrected chi connectivity index (χ4v) is 6.38. The van der Waals surface area contributed by atoms with Crippen molar-refractivity contribution in [3.05, 3.63) is 167 Å². The second kappa shape index (κ2) is 12.5. The molecule has 7 rings (SSSR count). The summed E-state index contributed by atoms with van der Waals surface area (Å²) >= 11 is 7.49. The fourth-order valence-electron chi connectivity index (χ4n) is 5.40. The van der Waals surface area contributed by atoms with E-state index in [1.165, 1.54) is 0 Å². The lowest BCUT2D eigenvalue weighted by Gasteiger charge is -2.14. The van der Waals surface area contributed by atoms with Crippen LogP contribution in [0.5, 0.6) is 0 Å². The van der Waals surface area contributed by atoms with Gasteiger partial charge in [0, 0.05) is 31.2 Å². The normalized spacial score (nSPS) is 11.0. The van der Waals surface area contributed by atoms with Crippen LogP contribution in [0, 0.1) is 0 Å². The molecule has 44 heavy (non-hydrogen) atoms. The highest BCUT2D eigenvalue weighted by Crippen LogP contribution is 2.37. The van der Waals surface area contributed by atoms with E-state index in [4.69, 9.17) is 9.97 Å². The number of rotatable bonds is 6. The molecule has 0 saturated heterocycles. The van der Waals surface area contributed by atoms with E-state index >= 15 is 0 Å². The Hall–Kier alpha value is -4.64. The average molecular weight is 694 g/mol. The maximum absolute atomic E-state index is 5.10. The molecule has 2 heterocycles. The van der Waals surface area contributed by atoms with Gasteiger partial charge in [-0.2, -0.15) is 0 Å². The lowest BCUT2D eigenvalue weighted by molar-refractivity contribution is 1.31. The summed E-state index contributed by atoms with van der Waals surface area (Å²) in [5, 5.41) is 0. The molecule has 0 fully saturated rings. The van der Waals surface area contributed by atoms with Crippen molar-refractivity contribution < 1.29 is 0 Å².